The van der Waals surface area contributed by atoms with E-state index in [-0.39, 0.29) is 0 Å². The summed E-state index contributed by atoms with van der Waals surface area (Å²) in [6.45, 7) is 4.49. The molecular formula is C8H14. The lowest BCUT2D eigenvalue weighted by Gasteiger charge is -2.22. The summed E-state index contributed by atoms with van der Waals surface area (Å²) >= 11 is 0. The highest BCUT2D eigenvalue weighted by atomic mass is 14.2. The molecular weight excluding hydrogens is 96.1 g/mol. The fraction of sp³-hybridized carbons (Fsp3) is 0.750. The van der Waals surface area contributed by atoms with Gasteiger partial charge < -0.3 is 0 Å². The Morgan fingerprint density at radius 2 is 2.25 bits per heavy atom. The Hall–Kier alpha value is -0.260. The molecule has 0 aromatic carbocycles. The van der Waals surface area contributed by atoms with Gasteiger partial charge in [-0.15, -0.1) is 0 Å². The van der Waals surface area contributed by atoms with Crippen molar-refractivity contribution in [3.05, 3.63) is 11.6 Å². The first-order valence-corrected chi connectivity index (χ1v) is 3.56. The average Bonchev–Trinajstić information content (AvgIpc) is 1.65. The maximum Gasteiger partial charge on any atom is -0.0196 e. The molecule has 0 amide bonds. The average molecular weight is 110 g/mol. The molecule has 0 aliphatic heterocycles. The summed E-state index contributed by atoms with van der Waals surface area (Å²) in [5.74, 6) is 0.935. The highest BCUT2D eigenvalue weighted by molar-refractivity contribution is 5.15. The molecule has 1 aliphatic rings. The van der Waals surface area contributed by atoms with Gasteiger partial charge in [0.1, 0.15) is 0 Å². The molecule has 1 atom stereocenters. The van der Waals surface area contributed by atoms with Crippen LogP contribution in [0.4, 0.5) is 0 Å². The van der Waals surface area contributed by atoms with E-state index in [0.29, 0.717) is 0 Å². The van der Waals surface area contributed by atoms with E-state index in [1.165, 1.54) is 19.3 Å². The van der Waals surface area contributed by atoms with Crippen LogP contribution in [0.15, 0.2) is 11.6 Å². The monoisotopic (exact) mass is 110 g/mol. The molecule has 0 N–H and O–H groups in total. The molecule has 0 spiro atoms. The zero-order chi connectivity index (χ0) is 5.98. The molecule has 0 bridgehead atoms. The molecule has 0 aromatic heterocycles. The van der Waals surface area contributed by atoms with Crippen molar-refractivity contribution in [1.29, 1.82) is 0 Å². The Kier molecular flexibility index (Phi) is 1.72. The van der Waals surface area contributed by atoms with Crippen LogP contribution in [0.1, 0.15) is 33.1 Å². The van der Waals surface area contributed by atoms with Crippen LogP contribution >= 0.6 is 0 Å². The van der Waals surface area contributed by atoms with Crippen molar-refractivity contribution in [2.45, 2.75) is 33.1 Å². The van der Waals surface area contributed by atoms with Crippen LogP contribution in [0.2, 0.25) is 0 Å². The SMILES string of the molecule is CCC1=CC(CC)C1. The molecule has 0 heteroatoms. The fourth-order valence-electron chi connectivity index (χ4n) is 1.16. The largest absolute Gasteiger partial charge is 0.0819 e. The molecule has 46 valence electrons. The third-order valence-electron chi connectivity index (χ3n) is 1.97. The van der Waals surface area contributed by atoms with Gasteiger partial charge in [0.25, 0.3) is 0 Å². The zero-order valence-corrected chi connectivity index (χ0v) is 5.78. The molecule has 0 saturated heterocycles. The fourth-order valence-corrected chi connectivity index (χ4v) is 1.16. The Balaban J connectivity index is 2.27. The van der Waals surface area contributed by atoms with Crippen LogP contribution < -0.4 is 0 Å². The lowest BCUT2D eigenvalue weighted by molar-refractivity contribution is 0.546. The third kappa shape index (κ3) is 0.936. The second kappa shape index (κ2) is 2.34. The van der Waals surface area contributed by atoms with E-state index in [1.54, 1.807) is 5.57 Å². The van der Waals surface area contributed by atoms with Gasteiger partial charge in [0.15, 0.2) is 0 Å². The van der Waals surface area contributed by atoms with E-state index >= 15 is 0 Å². The topological polar surface area (TPSA) is 0 Å². The van der Waals surface area contributed by atoms with Gasteiger partial charge in [-0.25, -0.2) is 0 Å². The van der Waals surface area contributed by atoms with E-state index in [2.05, 4.69) is 19.9 Å². The third-order valence-corrected chi connectivity index (χ3v) is 1.97. The van der Waals surface area contributed by atoms with Gasteiger partial charge in [-0.05, 0) is 25.2 Å². The quantitative estimate of drug-likeness (QED) is 0.479. The van der Waals surface area contributed by atoms with Crippen molar-refractivity contribution in [2.24, 2.45) is 5.92 Å². The van der Waals surface area contributed by atoms with Gasteiger partial charge in [-0.1, -0.05) is 25.5 Å². The minimum Gasteiger partial charge on any atom is -0.0819 e. The van der Waals surface area contributed by atoms with Gasteiger partial charge in [-0.2, -0.15) is 0 Å². The predicted octanol–water partition coefficient (Wildman–Crippen LogP) is 2.75. The summed E-state index contributed by atoms with van der Waals surface area (Å²) in [5, 5.41) is 0. The predicted molar refractivity (Wildman–Crippen MR) is 36.8 cm³/mol. The Labute approximate surface area is 51.6 Å². The van der Waals surface area contributed by atoms with Crippen LogP contribution in [-0.2, 0) is 0 Å². The molecule has 0 nitrogen and oxygen atoms in total. The van der Waals surface area contributed by atoms with Crippen LogP contribution in [0, 0.1) is 5.92 Å². The van der Waals surface area contributed by atoms with Crippen molar-refractivity contribution in [3.8, 4) is 0 Å². The van der Waals surface area contributed by atoms with E-state index in [0.717, 1.165) is 5.92 Å². The van der Waals surface area contributed by atoms with Crippen molar-refractivity contribution < 1.29 is 0 Å². The van der Waals surface area contributed by atoms with E-state index in [9.17, 15) is 0 Å². The van der Waals surface area contributed by atoms with Crippen molar-refractivity contribution in [3.63, 3.8) is 0 Å². The maximum absolute atomic E-state index is 2.42. The van der Waals surface area contributed by atoms with Crippen LogP contribution in [0.3, 0.4) is 0 Å². The molecule has 0 heterocycles. The molecule has 0 radical (unpaired) electrons. The van der Waals surface area contributed by atoms with Crippen molar-refractivity contribution >= 4 is 0 Å². The van der Waals surface area contributed by atoms with Crippen LogP contribution in [0.5, 0.6) is 0 Å². The number of rotatable bonds is 2. The Bertz CT molecular complexity index is 101. The van der Waals surface area contributed by atoms with Gasteiger partial charge in [0.2, 0.25) is 0 Å². The summed E-state index contributed by atoms with van der Waals surface area (Å²) in [6, 6.07) is 0. The molecule has 8 heavy (non-hydrogen) atoms. The summed E-state index contributed by atoms with van der Waals surface area (Å²) < 4.78 is 0. The number of hydrogen-bond acceptors (Lipinski definition) is 0. The minimum atomic E-state index is 0.935. The standard InChI is InChI=1S/C8H14/c1-3-7-5-8(4-2)6-7/h5,7H,3-4,6H2,1-2H3. The number of allylic oxidation sites excluding steroid dienone is 2. The number of hydrogen-bond donors (Lipinski definition) is 0. The first kappa shape index (κ1) is 5.87. The van der Waals surface area contributed by atoms with Gasteiger partial charge >= 0.3 is 0 Å². The molecule has 1 rings (SSSR count). The Morgan fingerprint density at radius 3 is 2.62 bits per heavy atom. The molecule has 0 aromatic rings. The first-order valence-electron chi connectivity index (χ1n) is 3.56. The molecule has 1 unspecified atom stereocenters. The van der Waals surface area contributed by atoms with E-state index in [1.807, 2.05) is 0 Å². The smallest absolute Gasteiger partial charge is 0.0196 e. The van der Waals surface area contributed by atoms with Gasteiger partial charge in [0, 0.05) is 0 Å². The summed E-state index contributed by atoms with van der Waals surface area (Å²) in [4.78, 5) is 0. The molecule has 0 saturated carbocycles. The molecule has 0 fully saturated rings. The Morgan fingerprint density at radius 1 is 1.62 bits per heavy atom. The maximum atomic E-state index is 2.42. The minimum absolute atomic E-state index is 0.935. The van der Waals surface area contributed by atoms with Gasteiger partial charge in [0.05, 0.1) is 0 Å². The second-order valence-corrected chi connectivity index (χ2v) is 2.55. The highest BCUT2D eigenvalue weighted by Gasteiger charge is 2.14. The second-order valence-electron chi connectivity index (χ2n) is 2.55. The molecule has 1 aliphatic carbocycles. The van der Waals surface area contributed by atoms with E-state index in [4.69, 9.17) is 0 Å². The van der Waals surface area contributed by atoms with Crippen LogP contribution in [-0.4, -0.2) is 0 Å². The lowest BCUT2D eigenvalue weighted by atomic mass is 9.83. The highest BCUT2D eigenvalue weighted by Crippen LogP contribution is 2.29. The summed E-state index contributed by atoms with van der Waals surface area (Å²) in [6.07, 6.45) is 6.41. The zero-order valence-electron chi connectivity index (χ0n) is 5.78. The summed E-state index contributed by atoms with van der Waals surface area (Å²) in [7, 11) is 0. The lowest BCUT2D eigenvalue weighted by Crippen LogP contribution is -2.07. The van der Waals surface area contributed by atoms with Crippen LogP contribution in [0.25, 0.3) is 0 Å². The summed E-state index contributed by atoms with van der Waals surface area (Å²) in [5.41, 5.74) is 1.66. The van der Waals surface area contributed by atoms with E-state index < -0.39 is 0 Å². The first-order chi connectivity index (χ1) is 3.86. The van der Waals surface area contributed by atoms with Gasteiger partial charge in [-0.3, -0.25) is 0 Å². The van der Waals surface area contributed by atoms with Crippen molar-refractivity contribution in [2.75, 3.05) is 0 Å². The van der Waals surface area contributed by atoms with Crippen molar-refractivity contribution in [1.82, 2.24) is 0 Å². The normalized spacial score (nSPS) is 26.8.